The predicted octanol–water partition coefficient (Wildman–Crippen LogP) is 1.24. The van der Waals surface area contributed by atoms with Gasteiger partial charge >= 0.3 is 0 Å². The molecular weight excluding hydrogens is 242 g/mol. The van der Waals surface area contributed by atoms with E-state index in [1.807, 2.05) is 6.92 Å². The molecule has 2 rings (SSSR count). The first-order valence-corrected chi connectivity index (χ1v) is 7.18. The number of aliphatic imine (C=N–C) groups is 1. The fourth-order valence-corrected chi connectivity index (χ4v) is 2.15. The number of hydrogen-bond acceptors (Lipinski definition) is 4. The lowest BCUT2D eigenvalue weighted by atomic mass is 10.4. The number of aromatic nitrogens is 2. The van der Waals surface area contributed by atoms with Gasteiger partial charge in [0.05, 0.1) is 0 Å². The van der Waals surface area contributed by atoms with Crippen molar-refractivity contribution in [1.82, 2.24) is 20.4 Å². The highest BCUT2D eigenvalue weighted by Crippen LogP contribution is 2.07. The average molecular weight is 265 g/mol. The number of hydrogen-bond donors (Lipinski definition) is 1. The Kier molecular flexibility index (Phi) is 5.18. The zero-order valence-electron chi connectivity index (χ0n) is 11.9. The highest BCUT2D eigenvalue weighted by atomic mass is 16.5. The summed E-state index contributed by atoms with van der Waals surface area (Å²) < 4.78 is 5.08. The van der Waals surface area contributed by atoms with E-state index in [0.717, 1.165) is 44.3 Å². The molecule has 0 unspecified atom stereocenters. The third-order valence-corrected chi connectivity index (χ3v) is 3.15. The Morgan fingerprint density at radius 2 is 2.16 bits per heavy atom. The van der Waals surface area contributed by atoms with Crippen LogP contribution < -0.4 is 5.32 Å². The van der Waals surface area contributed by atoms with Gasteiger partial charge in [0.2, 0.25) is 5.89 Å². The summed E-state index contributed by atoms with van der Waals surface area (Å²) in [7, 11) is 0. The van der Waals surface area contributed by atoms with E-state index in [-0.39, 0.29) is 0 Å². The Hall–Kier alpha value is -1.59. The van der Waals surface area contributed by atoms with Crippen LogP contribution in [0.15, 0.2) is 9.52 Å². The molecule has 2 heterocycles. The largest absolute Gasteiger partial charge is 0.357 e. The van der Waals surface area contributed by atoms with Gasteiger partial charge in [0.1, 0.15) is 0 Å². The van der Waals surface area contributed by atoms with Crippen LogP contribution in [0.4, 0.5) is 0 Å². The summed E-state index contributed by atoms with van der Waals surface area (Å²) in [6, 6.07) is 0. The fraction of sp³-hybridized carbons (Fsp3) is 0.769. The summed E-state index contributed by atoms with van der Waals surface area (Å²) in [5.74, 6) is 2.46. The van der Waals surface area contributed by atoms with Gasteiger partial charge in [-0.1, -0.05) is 12.1 Å². The normalized spacial score (nSPS) is 16.1. The maximum atomic E-state index is 5.08. The molecule has 6 nitrogen and oxygen atoms in total. The van der Waals surface area contributed by atoms with Crippen molar-refractivity contribution < 1.29 is 4.52 Å². The lowest BCUT2D eigenvalue weighted by Crippen LogP contribution is -2.39. The number of guanidine groups is 1. The minimum atomic E-state index is 0.696. The van der Waals surface area contributed by atoms with Crippen LogP contribution >= 0.6 is 0 Å². The number of rotatable bonds is 5. The Balaban J connectivity index is 1.86. The summed E-state index contributed by atoms with van der Waals surface area (Å²) >= 11 is 0. The van der Waals surface area contributed by atoms with Crippen LogP contribution in [0.2, 0.25) is 0 Å². The third kappa shape index (κ3) is 3.94. The second-order valence-electron chi connectivity index (χ2n) is 4.64. The molecule has 1 N–H and O–H groups in total. The zero-order valence-corrected chi connectivity index (χ0v) is 11.9. The van der Waals surface area contributed by atoms with Crippen LogP contribution in [0.1, 0.15) is 38.4 Å². The quantitative estimate of drug-likeness (QED) is 0.641. The zero-order chi connectivity index (χ0) is 13.5. The predicted molar refractivity (Wildman–Crippen MR) is 74.2 cm³/mol. The molecule has 0 spiro atoms. The lowest BCUT2D eigenvalue weighted by Gasteiger charge is -2.20. The molecule has 1 aliphatic heterocycles. The molecule has 1 saturated heterocycles. The molecule has 0 amide bonds. The van der Waals surface area contributed by atoms with E-state index in [2.05, 4.69) is 32.3 Å². The van der Waals surface area contributed by atoms with Gasteiger partial charge in [-0.3, -0.25) is 4.99 Å². The molecule has 106 valence electrons. The van der Waals surface area contributed by atoms with Crippen LogP contribution in [0, 0.1) is 0 Å². The van der Waals surface area contributed by atoms with Crippen molar-refractivity contribution in [3.05, 3.63) is 11.7 Å². The Labute approximate surface area is 114 Å². The van der Waals surface area contributed by atoms with E-state index in [9.17, 15) is 0 Å². The first kappa shape index (κ1) is 13.8. The van der Waals surface area contributed by atoms with Crippen LogP contribution in [-0.2, 0) is 12.8 Å². The molecule has 0 bridgehead atoms. The summed E-state index contributed by atoms with van der Waals surface area (Å²) in [5, 5.41) is 7.28. The number of nitrogens with zero attached hydrogens (tertiary/aromatic N) is 4. The van der Waals surface area contributed by atoms with Gasteiger partial charge in [-0.25, -0.2) is 0 Å². The van der Waals surface area contributed by atoms with Crippen molar-refractivity contribution in [2.75, 3.05) is 26.2 Å². The van der Waals surface area contributed by atoms with Crippen molar-refractivity contribution in [2.45, 2.75) is 39.5 Å². The van der Waals surface area contributed by atoms with Crippen LogP contribution in [-0.4, -0.2) is 47.2 Å². The van der Waals surface area contributed by atoms with Gasteiger partial charge < -0.3 is 14.7 Å². The van der Waals surface area contributed by atoms with Crippen LogP contribution in [0.3, 0.4) is 0 Å². The molecule has 0 aromatic carbocycles. The van der Waals surface area contributed by atoms with E-state index in [1.165, 1.54) is 12.8 Å². The summed E-state index contributed by atoms with van der Waals surface area (Å²) in [6.45, 7) is 7.91. The van der Waals surface area contributed by atoms with Crippen molar-refractivity contribution >= 4 is 5.96 Å². The van der Waals surface area contributed by atoms with E-state index in [4.69, 9.17) is 4.52 Å². The molecule has 1 aromatic heterocycles. The monoisotopic (exact) mass is 265 g/mol. The molecule has 0 radical (unpaired) electrons. The van der Waals surface area contributed by atoms with Crippen LogP contribution in [0.5, 0.6) is 0 Å². The second kappa shape index (κ2) is 7.11. The topological polar surface area (TPSA) is 66.5 Å². The van der Waals surface area contributed by atoms with Crippen molar-refractivity contribution in [2.24, 2.45) is 4.99 Å². The molecular formula is C13H23N5O. The molecule has 6 heteroatoms. The van der Waals surface area contributed by atoms with E-state index in [0.29, 0.717) is 12.4 Å². The molecule has 1 aliphatic rings. The van der Waals surface area contributed by atoms with Crippen molar-refractivity contribution in [3.8, 4) is 0 Å². The van der Waals surface area contributed by atoms with Gasteiger partial charge in [-0.05, 0) is 19.8 Å². The third-order valence-electron chi connectivity index (χ3n) is 3.15. The lowest BCUT2D eigenvalue weighted by molar-refractivity contribution is 0.376. The number of nitrogens with one attached hydrogen (secondary N) is 1. The van der Waals surface area contributed by atoms with E-state index in [1.54, 1.807) is 0 Å². The summed E-state index contributed by atoms with van der Waals surface area (Å²) in [6.07, 6.45) is 4.03. The minimum Gasteiger partial charge on any atom is -0.357 e. The maximum absolute atomic E-state index is 5.08. The van der Waals surface area contributed by atoms with Gasteiger partial charge in [0, 0.05) is 39.0 Å². The fourth-order valence-electron chi connectivity index (χ4n) is 2.15. The van der Waals surface area contributed by atoms with Gasteiger partial charge in [-0.2, -0.15) is 4.98 Å². The summed E-state index contributed by atoms with van der Waals surface area (Å²) in [4.78, 5) is 11.2. The molecule has 19 heavy (non-hydrogen) atoms. The van der Waals surface area contributed by atoms with E-state index >= 15 is 0 Å². The van der Waals surface area contributed by atoms with Gasteiger partial charge in [0.15, 0.2) is 11.8 Å². The molecule has 1 fully saturated rings. The highest BCUT2D eigenvalue weighted by Gasteiger charge is 2.15. The van der Waals surface area contributed by atoms with Crippen molar-refractivity contribution in [3.63, 3.8) is 0 Å². The number of aryl methyl sites for hydroxylation is 1. The number of likely N-dealkylation sites (tertiary alicyclic amines) is 1. The minimum absolute atomic E-state index is 0.696. The summed E-state index contributed by atoms with van der Waals surface area (Å²) in [5.41, 5.74) is 0. The molecule has 0 saturated carbocycles. The first-order chi connectivity index (χ1) is 9.33. The van der Waals surface area contributed by atoms with Gasteiger partial charge in [-0.15, -0.1) is 0 Å². The molecule has 0 atom stereocenters. The Bertz CT molecular complexity index is 409. The van der Waals surface area contributed by atoms with Crippen molar-refractivity contribution in [1.29, 1.82) is 0 Å². The second-order valence-corrected chi connectivity index (χ2v) is 4.64. The van der Waals surface area contributed by atoms with E-state index < -0.39 is 0 Å². The average Bonchev–Trinajstić information content (AvgIpc) is 3.09. The Morgan fingerprint density at radius 3 is 2.79 bits per heavy atom. The van der Waals surface area contributed by atoms with Gasteiger partial charge in [0.25, 0.3) is 0 Å². The smallest absolute Gasteiger partial charge is 0.226 e. The maximum Gasteiger partial charge on any atom is 0.226 e. The highest BCUT2D eigenvalue weighted by molar-refractivity contribution is 5.80. The molecule has 1 aromatic rings. The first-order valence-electron chi connectivity index (χ1n) is 7.18. The SMILES string of the molecule is CCNC(=NCCc1noc(CC)n1)N1CCCC1. The standard InChI is InChI=1S/C13H23N5O/c1-3-12-16-11(17-19-12)7-8-15-13(14-4-2)18-9-5-6-10-18/h3-10H2,1-2H3,(H,14,15). The molecule has 0 aliphatic carbocycles. The Morgan fingerprint density at radius 1 is 1.37 bits per heavy atom. The van der Waals surface area contributed by atoms with Crippen LogP contribution in [0.25, 0.3) is 0 Å².